The molecular weight excluding hydrogens is 264 g/mol. The Balaban J connectivity index is 1.90. The van der Waals surface area contributed by atoms with Crippen molar-refractivity contribution in [2.24, 2.45) is 0 Å². The molecule has 2 heterocycles. The number of para-hydroxylation sites is 1. The minimum atomic E-state index is 0.997. The highest BCUT2D eigenvalue weighted by Gasteiger charge is 2.05. The summed E-state index contributed by atoms with van der Waals surface area (Å²) in [4.78, 5) is 9.29. The number of hydrogen-bond acceptors (Lipinski definition) is 3. The maximum absolute atomic E-state index is 4.73. The maximum atomic E-state index is 4.73. The molecule has 4 aromatic rings. The molecule has 3 heteroatoms. The maximum Gasteiger partial charge on any atom is 0.0907 e. The van der Waals surface area contributed by atoms with Gasteiger partial charge in [-0.2, -0.15) is 0 Å². The zero-order chi connectivity index (χ0) is 13.5. The van der Waals surface area contributed by atoms with Crippen LogP contribution in [0.4, 0.5) is 0 Å². The van der Waals surface area contributed by atoms with E-state index in [9.17, 15) is 0 Å². The highest BCUT2D eigenvalue weighted by atomic mass is 32.1. The van der Waals surface area contributed by atoms with Crippen LogP contribution in [0.5, 0.6) is 0 Å². The molecule has 96 valence electrons. The van der Waals surface area contributed by atoms with E-state index in [0.717, 1.165) is 27.3 Å². The van der Waals surface area contributed by atoms with Gasteiger partial charge in [0.2, 0.25) is 0 Å². The summed E-state index contributed by atoms with van der Waals surface area (Å²) in [5.74, 6) is 0. The number of aryl methyl sites for hydroxylation is 1. The number of benzene rings is 2. The highest BCUT2D eigenvalue weighted by molar-refractivity contribution is 7.18. The van der Waals surface area contributed by atoms with Crippen LogP contribution in [-0.2, 0) is 0 Å². The second kappa shape index (κ2) is 4.39. The molecular formula is C17H12N2S. The summed E-state index contributed by atoms with van der Waals surface area (Å²) in [5.41, 5.74) is 4.20. The molecule has 0 fully saturated rings. The summed E-state index contributed by atoms with van der Waals surface area (Å²) in [7, 11) is 0. The third kappa shape index (κ3) is 1.87. The van der Waals surface area contributed by atoms with Gasteiger partial charge in [-0.05, 0) is 31.2 Å². The van der Waals surface area contributed by atoms with Crippen molar-refractivity contribution in [3.05, 3.63) is 59.6 Å². The van der Waals surface area contributed by atoms with E-state index in [1.807, 2.05) is 25.1 Å². The molecule has 0 saturated heterocycles. The lowest BCUT2D eigenvalue weighted by Gasteiger charge is -2.03. The Morgan fingerprint density at radius 2 is 1.75 bits per heavy atom. The predicted octanol–water partition coefficient (Wildman–Crippen LogP) is 4.82. The fraction of sp³-hybridized carbons (Fsp3) is 0.0588. The summed E-state index contributed by atoms with van der Waals surface area (Å²) in [6.45, 7) is 2.04. The molecule has 20 heavy (non-hydrogen) atoms. The largest absolute Gasteiger partial charge is 0.248 e. The average molecular weight is 276 g/mol. The number of rotatable bonds is 1. The van der Waals surface area contributed by atoms with Crippen molar-refractivity contribution < 1.29 is 0 Å². The van der Waals surface area contributed by atoms with E-state index < -0.39 is 0 Å². The molecule has 0 saturated carbocycles. The van der Waals surface area contributed by atoms with Crippen molar-refractivity contribution in [2.45, 2.75) is 6.92 Å². The van der Waals surface area contributed by atoms with E-state index >= 15 is 0 Å². The van der Waals surface area contributed by atoms with Crippen LogP contribution in [0.25, 0.3) is 32.4 Å². The van der Waals surface area contributed by atoms with Crippen LogP contribution in [0.2, 0.25) is 0 Å². The Kier molecular flexibility index (Phi) is 2.54. The third-order valence-electron chi connectivity index (χ3n) is 3.39. The molecule has 0 unspecified atom stereocenters. The Labute approximate surface area is 120 Å². The lowest BCUT2D eigenvalue weighted by atomic mass is 10.1. The Hall–Kier alpha value is -2.26. The van der Waals surface area contributed by atoms with Crippen molar-refractivity contribution in [3.63, 3.8) is 0 Å². The van der Waals surface area contributed by atoms with Gasteiger partial charge < -0.3 is 0 Å². The topological polar surface area (TPSA) is 25.8 Å². The van der Waals surface area contributed by atoms with E-state index in [1.54, 1.807) is 11.3 Å². The molecule has 2 aromatic carbocycles. The quantitative estimate of drug-likeness (QED) is 0.498. The molecule has 0 radical (unpaired) electrons. The van der Waals surface area contributed by atoms with Crippen molar-refractivity contribution in [1.82, 2.24) is 9.97 Å². The van der Waals surface area contributed by atoms with Crippen LogP contribution in [0, 0.1) is 6.92 Å². The predicted molar refractivity (Wildman–Crippen MR) is 85.1 cm³/mol. The minimum Gasteiger partial charge on any atom is -0.248 e. The Morgan fingerprint density at radius 3 is 2.70 bits per heavy atom. The number of hydrogen-bond donors (Lipinski definition) is 0. The fourth-order valence-corrected chi connectivity index (χ4v) is 3.24. The van der Waals surface area contributed by atoms with E-state index in [-0.39, 0.29) is 0 Å². The highest BCUT2D eigenvalue weighted by Crippen LogP contribution is 2.27. The molecule has 0 spiro atoms. The van der Waals surface area contributed by atoms with Crippen molar-refractivity contribution in [2.75, 3.05) is 0 Å². The zero-order valence-corrected chi connectivity index (χ0v) is 11.8. The first kappa shape index (κ1) is 11.6. The van der Waals surface area contributed by atoms with Crippen LogP contribution in [0.3, 0.4) is 0 Å². The molecule has 0 atom stereocenters. The van der Waals surface area contributed by atoms with Gasteiger partial charge in [0.05, 0.1) is 26.4 Å². The van der Waals surface area contributed by atoms with Gasteiger partial charge in [0, 0.05) is 10.9 Å². The average Bonchev–Trinajstić information content (AvgIpc) is 2.85. The van der Waals surface area contributed by atoms with E-state index in [4.69, 9.17) is 4.98 Å². The molecule has 0 N–H and O–H groups in total. The Morgan fingerprint density at radius 1 is 0.850 bits per heavy atom. The van der Waals surface area contributed by atoms with Crippen molar-refractivity contribution in [3.8, 4) is 11.3 Å². The molecule has 0 aliphatic heterocycles. The van der Waals surface area contributed by atoms with E-state index in [0.29, 0.717) is 0 Å². The molecule has 0 aliphatic carbocycles. The number of nitrogens with zero attached hydrogens (tertiary/aromatic N) is 2. The number of aromatic nitrogens is 2. The summed E-state index contributed by atoms with van der Waals surface area (Å²) in [5, 5.41) is 2.27. The van der Waals surface area contributed by atoms with Gasteiger partial charge in [-0.3, -0.25) is 0 Å². The Bertz CT molecular complexity index is 924. The van der Waals surface area contributed by atoms with E-state index in [1.165, 1.54) is 10.1 Å². The van der Waals surface area contributed by atoms with Gasteiger partial charge >= 0.3 is 0 Å². The normalized spacial score (nSPS) is 11.2. The molecule has 2 nitrogen and oxygen atoms in total. The summed E-state index contributed by atoms with van der Waals surface area (Å²) >= 11 is 1.73. The summed E-state index contributed by atoms with van der Waals surface area (Å²) in [6, 6.07) is 18.7. The monoisotopic (exact) mass is 276 g/mol. The smallest absolute Gasteiger partial charge is 0.0907 e. The molecule has 2 aromatic heterocycles. The van der Waals surface area contributed by atoms with Gasteiger partial charge in [-0.1, -0.05) is 30.3 Å². The first-order valence-electron chi connectivity index (χ1n) is 6.53. The van der Waals surface area contributed by atoms with Gasteiger partial charge in [0.1, 0.15) is 0 Å². The van der Waals surface area contributed by atoms with Crippen LogP contribution in [0.15, 0.2) is 54.6 Å². The zero-order valence-electron chi connectivity index (χ0n) is 11.0. The first-order valence-corrected chi connectivity index (χ1v) is 7.35. The first-order chi connectivity index (χ1) is 9.79. The number of fused-ring (bicyclic) bond motifs is 2. The van der Waals surface area contributed by atoms with E-state index in [2.05, 4.69) is 41.4 Å². The summed E-state index contributed by atoms with van der Waals surface area (Å²) < 4.78 is 1.23. The molecule has 4 rings (SSSR count). The second-order valence-corrected chi connectivity index (χ2v) is 6.04. The van der Waals surface area contributed by atoms with Gasteiger partial charge in [-0.15, -0.1) is 11.3 Å². The number of pyridine rings is 1. The lowest BCUT2D eigenvalue weighted by Crippen LogP contribution is -1.85. The van der Waals surface area contributed by atoms with Crippen LogP contribution >= 0.6 is 11.3 Å². The van der Waals surface area contributed by atoms with Crippen LogP contribution in [-0.4, -0.2) is 9.97 Å². The van der Waals surface area contributed by atoms with Crippen LogP contribution in [0.1, 0.15) is 5.01 Å². The number of thiazole rings is 1. The minimum absolute atomic E-state index is 0.997. The molecule has 0 bridgehead atoms. The van der Waals surface area contributed by atoms with Crippen molar-refractivity contribution in [1.29, 1.82) is 0 Å². The SMILES string of the molecule is Cc1nc2cc(-c3ccc4ccccc4n3)ccc2s1. The van der Waals surface area contributed by atoms with Gasteiger partial charge in [0.15, 0.2) is 0 Å². The lowest BCUT2D eigenvalue weighted by molar-refractivity contribution is 1.34. The summed E-state index contributed by atoms with van der Waals surface area (Å²) in [6.07, 6.45) is 0. The fourth-order valence-electron chi connectivity index (χ4n) is 2.43. The second-order valence-electron chi connectivity index (χ2n) is 4.80. The van der Waals surface area contributed by atoms with Crippen LogP contribution < -0.4 is 0 Å². The van der Waals surface area contributed by atoms with Gasteiger partial charge in [0.25, 0.3) is 0 Å². The molecule has 0 amide bonds. The standard InChI is InChI=1S/C17H12N2S/c1-11-18-16-10-13(7-9-17(16)20-11)15-8-6-12-4-2-3-5-14(12)19-15/h2-10H,1H3. The van der Waals surface area contributed by atoms with Crippen molar-refractivity contribution >= 4 is 32.5 Å². The van der Waals surface area contributed by atoms with Gasteiger partial charge in [-0.25, -0.2) is 9.97 Å². The third-order valence-corrected chi connectivity index (χ3v) is 4.34. The molecule has 0 aliphatic rings.